The van der Waals surface area contributed by atoms with E-state index in [-0.39, 0.29) is 11.9 Å². The van der Waals surface area contributed by atoms with Crippen LogP contribution in [0.1, 0.15) is 46.3 Å². The molecule has 0 saturated heterocycles. The van der Waals surface area contributed by atoms with Gasteiger partial charge in [0.2, 0.25) is 0 Å². The number of benzene rings is 1. The van der Waals surface area contributed by atoms with Crippen LogP contribution in [0.25, 0.3) is 0 Å². The Labute approximate surface area is 146 Å². The lowest BCUT2D eigenvalue weighted by Gasteiger charge is -2.17. The lowest BCUT2D eigenvalue weighted by atomic mass is 10.1. The fraction of sp³-hybridized carbons (Fsp3) is 0.294. The molecule has 0 saturated carbocycles. The Balaban J connectivity index is 1.88. The van der Waals surface area contributed by atoms with Crippen molar-refractivity contribution in [2.75, 3.05) is 0 Å². The maximum absolute atomic E-state index is 12.2. The Morgan fingerprint density at radius 1 is 1.26 bits per heavy atom. The van der Waals surface area contributed by atoms with Crippen LogP contribution in [0.5, 0.6) is 0 Å². The summed E-state index contributed by atoms with van der Waals surface area (Å²) >= 11 is 6.82. The van der Waals surface area contributed by atoms with Crippen LogP contribution in [0.2, 0.25) is 0 Å². The number of aryl methyl sites for hydroxylation is 1. The summed E-state index contributed by atoms with van der Waals surface area (Å²) < 4.78 is 0. The SMILES string of the molecule is CCc1c(C(=O)NNC(=S)N[C@@H](C)c2ccccc2)csc1C. The minimum absolute atomic E-state index is 0.0581. The van der Waals surface area contributed by atoms with Gasteiger partial charge in [-0.1, -0.05) is 37.3 Å². The lowest BCUT2D eigenvalue weighted by Crippen LogP contribution is -2.47. The molecule has 122 valence electrons. The van der Waals surface area contributed by atoms with Crippen molar-refractivity contribution in [3.05, 3.63) is 57.3 Å². The third kappa shape index (κ3) is 4.53. The minimum atomic E-state index is -0.164. The number of thiocarbonyl (C=S) groups is 1. The van der Waals surface area contributed by atoms with Crippen LogP contribution in [0.4, 0.5) is 0 Å². The van der Waals surface area contributed by atoms with E-state index in [1.54, 1.807) is 11.3 Å². The van der Waals surface area contributed by atoms with Crippen molar-refractivity contribution in [1.29, 1.82) is 0 Å². The number of hydrazine groups is 1. The number of hydrogen-bond donors (Lipinski definition) is 3. The summed E-state index contributed by atoms with van der Waals surface area (Å²) in [4.78, 5) is 13.4. The van der Waals surface area contributed by atoms with Crippen molar-refractivity contribution in [2.24, 2.45) is 0 Å². The van der Waals surface area contributed by atoms with E-state index in [0.29, 0.717) is 10.7 Å². The predicted molar refractivity (Wildman–Crippen MR) is 99.6 cm³/mol. The largest absolute Gasteiger partial charge is 0.355 e. The van der Waals surface area contributed by atoms with E-state index in [1.165, 1.54) is 4.88 Å². The lowest BCUT2D eigenvalue weighted by molar-refractivity contribution is 0.0943. The number of hydrogen-bond acceptors (Lipinski definition) is 3. The summed E-state index contributed by atoms with van der Waals surface area (Å²) in [6.07, 6.45) is 0.839. The highest BCUT2D eigenvalue weighted by atomic mass is 32.1. The molecule has 0 aliphatic rings. The molecule has 0 aliphatic heterocycles. The van der Waals surface area contributed by atoms with E-state index in [4.69, 9.17) is 12.2 Å². The number of amides is 1. The zero-order chi connectivity index (χ0) is 16.8. The normalized spacial score (nSPS) is 11.6. The maximum atomic E-state index is 12.2. The first-order valence-electron chi connectivity index (χ1n) is 7.51. The maximum Gasteiger partial charge on any atom is 0.270 e. The molecule has 1 aromatic heterocycles. The molecule has 3 N–H and O–H groups in total. The molecule has 0 aliphatic carbocycles. The first-order valence-corrected chi connectivity index (χ1v) is 8.80. The van der Waals surface area contributed by atoms with Crippen molar-refractivity contribution in [2.45, 2.75) is 33.2 Å². The van der Waals surface area contributed by atoms with Crippen LogP contribution in [-0.4, -0.2) is 11.0 Å². The van der Waals surface area contributed by atoms with Gasteiger partial charge in [0.05, 0.1) is 11.6 Å². The second-order valence-corrected chi connectivity index (χ2v) is 6.71. The smallest absolute Gasteiger partial charge is 0.270 e. The average molecular weight is 348 g/mol. The highest BCUT2D eigenvalue weighted by molar-refractivity contribution is 7.80. The zero-order valence-corrected chi connectivity index (χ0v) is 15.1. The van der Waals surface area contributed by atoms with Gasteiger partial charge in [0.1, 0.15) is 0 Å². The molecule has 0 bridgehead atoms. The molecule has 0 unspecified atom stereocenters. The van der Waals surface area contributed by atoms with E-state index in [9.17, 15) is 4.79 Å². The summed E-state index contributed by atoms with van der Waals surface area (Å²) in [6, 6.07) is 10.1. The Morgan fingerprint density at radius 3 is 2.61 bits per heavy atom. The van der Waals surface area contributed by atoms with Gasteiger partial charge in [0, 0.05) is 10.3 Å². The number of rotatable bonds is 4. The van der Waals surface area contributed by atoms with E-state index in [2.05, 4.69) is 16.2 Å². The van der Waals surface area contributed by atoms with Crippen LogP contribution in [-0.2, 0) is 6.42 Å². The molecule has 1 heterocycles. The third-order valence-electron chi connectivity index (χ3n) is 3.64. The van der Waals surface area contributed by atoms with Crippen molar-refractivity contribution in [1.82, 2.24) is 16.2 Å². The van der Waals surface area contributed by atoms with Crippen LogP contribution in [0.15, 0.2) is 35.7 Å². The van der Waals surface area contributed by atoms with E-state index in [0.717, 1.165) is 17.5 Å². The molecule has 6 heteroatoms. The number of thiophene rings is 1. The first-order chi connectivity index (χ1) is 11.0. The van der Waals surface area contributed by atoms with Crippen molar-refractivity contribution < 1.29 is 4.79 Å². The summed E-state index contributed by atoms with van der Waals surface area (Å²) in [5.74, 6) is -0.164. The number of carbonyl (C=O) groups excluding carboxylic acids is 1. The van der Waals surface area contributed by atoms with Gasteiger partial charge in [-0.2, -0.15) is 0 Å². The molecule has 1 amide bonds. The third-order valence-corrected chi connectivity index (χ3v) is 4.81. The molecule has 0 spiro atoms. The van der Waals surface area contributed by atoms with Crippen LogP contribution in [0, 0.1) is 6.92 Å². The van der Waals surface area contributed by atoms with Gasteiger partial charge in [-0.15, -0.1) is 11.3 Å². The average Bonchev–Trinajstić information content (AvgIpc) is 2.94. The quantitative estimate of drug-likeness (QED) is 0.585. The molecule has 0 radical (unpaired) electrons. The van der Waals surface area contributed by atoms with Gasteiger partial charge in [0.25, 0.3) is 5.91 Å². The second-order valence-electron chi connectivity index (χ2n) is 5.22. The Morgan fingerprint density at radius 2 is 1.96 bits per heavy atom. The van der Waals surface area contributed by atoms with E-state index < -0.39 is 0 Å². The molecule has 0 fully saturated rings. The van der Waals surface area contributed by atoms with Gasteiger partial charge in [0.15, 0.2) is 5.11 Å². The van der Waals surface area contributed by atoms with Crippen molar-refractivity contribution >= 4 is 34.6 Å². The van der Waals surface area contributed by atoms with E-state index in [1.807, 2.05) is 56.5 Å². The highest BCUT2D eigenvalue weighted by Crippen LogP contribution is 2.21. The highest BCUT2D eigenvalue weighted by Gasteiger charge is 2.14. The summed E-state index contributed by atoms with van der Waals surface area (Å²) in [7, 11) is 0. The van der Waals surface area contributed by atoms with Crippen LogP contribution in [0.3, 0.4) is 0 Å². The molecular formula is C17H21N3OS2. The zero-order valence-electron chi connectivity index (χ0n) is 13.5. The Kier molecular flexibility index (Phi) is 6.12. The molecule has 4 nitrogen and oxygen atoms in total. The van der Waals surface area contributed by atoms with Gasteiger partial charge < -0.3 is 5.32 Å². The Hall–Kier alpha value is -1.92. The molecule has 1 atom stereocenters. The second kappa shape index (κ2) is 8.08. The van der Waals surface area contributed by atoms with Gasteiger partial charge in [-0.05, 0) is 43.6 Å². The van der Waals surface area contributed by atoms with Gasteiger partial charge in [-0.25, -0.2) is 0 Å². The van der Waals surface area contributed by atoms with E-state index >= 15 is 0 Å². The van der Waals surface area contributed by atoms with Crippen LogP contribution < -0.4 is 16.2 Å². The summed E-state index contributed by atoms with van der Waals surface area (Å²) in [5, 5.41) is 5.42. The Bertz CT molecular complexity index is 682. The topological polar surface area (TPSA) is 53.2 Å². The summed E-state index contributed by atoms with van der Waals surface area (Å²) in [5.41, 5.74) is 8.35. The number of carbonyl (C=O) groups is 1. The predicted octanol–water partition coefficient (Wildman–Crippen LogP) is 3.49. The number of nitrogens with one attached hydrogen (secondary N) is 3. The fourth-order valence-electron chi connectivity index (χ4n) is 2.35. The minimum Gasteiger partial charge on any atom is -0.355 e. The standard InChI is InChI=1S/C17H21N3OS2/c1-4-14-12(3)23-10-15(14)16(21)19-20-17(22)18-11(2)13-8-6-5-7-9-13/h5-11H,4H2,1-3H3,(H,19,21)(H2,18,20,22)/t11-/m0/s1. The first kappa shape index (κ1) is 17.4. The molecule has 1 aromatic carbocycles. The van der Waals surface area contributed by atoms with Crippen molar-refractivity contribution in [3.63, 3.8) is 0 Å². The fourth-order valence-corrected chi connectivity index (χ4v) is 3.52. The van der Waals surface area contributed by atoms with Crippen LogP contribution >= 0.6 is 23.6 Å². The molecule has 2 aromatic rings. The molecule has 2 rings (SSSR count). The summed E-state index contributed by atoms with van der Waals surface area (Å²) in [6.45, 7) is 6.09. The molecule has 23 heavy (non-hydrogen) atoms. The molecular weight excluding hydrogens is 326 g/mol. The van der Waals surface area contributed by atoms with Gasteiger partial charge >= 0.3 is 0 Å². The van der Waals surface area contributed by atoms with Gasteiger partial charge in [-0.3, -0.25) is 15.6 Å². The van der Waals surface area contributed by atoms with Crippen molar-refractivity contribution in [3.8, 4) is 0 Å². The monoisotopic (exact) mass is 347 g/mol.